The van der Waals surface area contributed by atoms with Crippen molar-refractivity contribution in [3.8, 4) is 5.75 Å². The number of rotatable bonds is 7. The molecule has 0 saturated carbocycles. The van der Waals surface area contributed by atoms with Gasteiger partial charge in [-0.05, 0) is 47.1 Å². The average molecular weight is 434 g/mol. The number of ether oxygens (including phenoxy) is 1. The summed E-state index contributed by atoms with van der Waals surface area (Å²) >= 11 is 1.72. The van der Waals surface area contributed by atoms with Gasteiger partial charge in [-0.3, -0.25) is 14.5 Å². The first-order chi connectivity index (χ1) is 13.9. The van der Waals surface area contributed by atoms with Crippen LogP contribution >= 0.6 is 11.8 Å². The summed E-state index contributed by atoms with van der Waals surface area (Å²) in [5, 5.41) is 10.4. The van der Waals surface area contributed by atoms with E-state index >= 15 is 0 Å². The third kappa shape index (κ3) is 5.20. The molecule has 2 atom stereocenters. The van der Waals surface area contributed by atoms with Gasteiger partial charge in [0.05, 0.1) is 12.0 Å². The van der Waals surface area contributed by atoms with Crippen molar-refractivity contribution < 1.29 is 19.4 Å². The Balaban J connectivity index is 1.53. The molecular formula is C24H35NO4S. The summed E-state index contributed by atoms with van der Waals surface area (Å²) in [6, 6.07) is 7.98. The van der Waals surface area contributed by atoms with Crippen LogP contribution in [0.15, 0.2) is 24.3 Å². The van der Waals surface area contributed by atoms with Crippen LogP contribution in [0, 0.1) is 10.8 Å². The number of imide groups is 1. The smallest absolute Gasteiger partial charge is 0.236 e. The van der Waals surface area contributed by atoms with Crippen molar-refractivity contribution >= 4 is 23.6 Å². The molecule has 2 aliphatic heterocycles. The van der Waals surface area contributed by atoms with Gasteiger partial charge in [0.1, 0.15) is 18.5 Å². The van der Waals surface area contributed by atoms with Crippen molar-refractivity contribution in [3.05, 3.63) is 29.8 Å². The summed E-state index contributed by atoms with van der Waals surface area (Å²) < 4.78 is 5.73. The fourth-order valence-corrected chi connectivity index (χ4v) is 6.29. The maximum Gasteiger partial charge on any atom is 0.236 e. The van der Waals surface area contributed by atoms with Crippen molar-refractivity contribution in [3.63, 3.8) is 0 Å². The van der Waals surface area contributed by atoms with E-state index in [1.807, 2.05) is 12.1 Å². The minimum absolute atomic E-state index is 0.000774. The molecule has 5 nitrogen and oxygen atoms in total. The lowest BCUT2D eigenvalue weighted by molar-refractivity contribution is -0.142. The van der Waals surface area contributed by atoms with Gasteiger partial charge in [0, 0.05) is 12.2 Å². The van der Waals surface area contributed by atoms with E-state index in [0.29, 0.717) is 11.5 Å². The number of aliphatic hydroxyl groups is 1. The quantitative estimate of drug-likeness (QED) is 0.658. The normalized spacial score (nSPS) is 23.5. The molecule has 1 aromatic rings. The largest absolute Gasteiger partial charge is 0.491 e. The highest BCUT2D eigenvalue weighted by molar-refractivity contribution is 7.99. The number of thioether (sulfide) groups is 1. The second-order valence-corrected chi connectivity index (χ2v) is 11.8. The molecule has 30 heavy (non-hydrogen) atoms. The van der Waals surface area contributed by atoms with Crippen LogP contribution in [-0.2, 0) is 15.0 Å². The topological polar surface area (TPSA) is 66.8 Å². The van der Waals surface area contributed by atoms with Gasteiger partial charge in [0.25, 0.3) is 0 Å². The monoisotopic (exact) mass is 433 g/mol. The molecule has 0 bridgehead atoms. The van der Waals surface area contributed by atoms with Crippen LogP contribution < -0.4 is 4.74 Å². The first kappa shape index (κ1) is 23.1. The van der Waals surface area contributed by atoms with Crippen molar-refractivity contribution in [2.24, 2.45) is 10.8 Å². The van der Waals surface area contributed by atoms with Crippen LogP contribution in [0.2, 0.25) is 0 Å². The highest BCUT2D eigenvalue weighted by atomic mass is 32.2. The van der Waals surface area contributed by atoms with Gasteiger partial charge in [-0.25, -0.2) is 0 Å². The van der Waals surface area contributed by atoms with Crippen LogP contribution in [0.1, 0.15) is 59.4 Å². The van der Waals surface area contributed by atoms with Crippen LogP contribution in [0.4, 0.5) is 0 Å². The molecule has 1 N–H and O–H groups in total. The number of hydrogen-bond donors (Lipinski definition) is 1. The number of nitrogens with zero attached hydrogens (tertiary/aromatic N) is 1. The number of amides is 2. The van der Waals surface area contributed by atoms with Crippen molar-refractivity contribution in [2.45, 2.75) is 65.4 Å². The van der Waals surface area contributed by atoms with E-state index in [1.165, 1.54) is 10.5 Å². The minimum atomic E-state index is -0.904. The molecule has 3 rings (SSSR count). The molecule has 6 heteroatoms. The van der Waals surface area contributed by atoms with Gasteiger partial charge in [-0.2, -0.15) is 11.8 Å². The Kier molecular flexibility index (Phi) is 6.59. The molecule has 2 fully saturated rings. The molecular weight excluding hydrogens is 398 g/mol. The molecule has 0 aromatic heterocycles. The number of hydrogen-bond acceptors (Lipinski definition) is 5. The summed E-state index contributed by atoms with van der Waals surface area (Å²) in [5.74, 6) is 2.00. The van der Waals surface area contributed by atoms with Crippen LogP contribution in [0.5, 0.6) is 5.75 Å². The Morgan fingerprint density at radius 1 is 1.17 bits per heavy atom. The van der Waals surface area contributed by atoms with E-state index in [0.717, 1.165) is 18.6 Å². The number of carbonyl (C=O) groups is 2. The number of carbonyl (C=O) groups excluding carboxylic acids is 2. The Labute approximate surface area is 184 Å². The van der Waals surface area contributed by atoms with E-state index in [-0.39, 0.29) is 42.2 Å². The fourth-order valence-electron chi connectivity index (χ4n) is 4.85. The van der Waals surface area contributed by atoms with Crippen LogP contribution in [0.25, 0.3) is 0 Å². The fraction of sp³-hybridized carbons (Fsp3) is 0.667. The summed E-state index contributed by atoms with van der Waals surface area (Å²) in [4.78, 5) is 26.3. The number of benzene rings is 1. The lowest BCUT2D eigenvalue weighted by Gasteiger charge is -2.33. The lowest BCUT2D eigenvalue weighted by atomic mass is 9.72. The Morgan fingerprint density at radius 2 is 1.83 bits per heavy atom. The molecule has 2 heterocycles. The van der Waals surface area contributed by atoms with Gasteiger partial charge >= 0.3 is 0 Å². The highest BCUT2D eigenvalue weighted by Crippen LogP contribution is 2.45. The summed E-state index contributed by atoms with van der Waals surface area (Å²) in [6.45, 7) is 11.3. The van der Waals surface area contributed by atoms with E-state index < -0.39 is 11.5 Å². The van der Waals surface area contributed by atoms with Gasteiger partial charge in [0.2, 0.25) is 11.8 Å². The number of likely N-dealkylation sites (tertiary alicyclic amines) is 1. The van der Waals surface area contributed by atoms with E-state index in [4.69, 9.17) is 4.74 Å². The van der Waals surface area contributed by atoms with E-state index in [2.05, 4.69) is 46.8 Å². The standard InChI is InChI=1S/C24H35NO4S/c1-22(2,3)15-23(4,5)17-6-8-19(9-7-17)29-14-18(26)13-25-20(27)12-24(21(25)28)10-11-30-16-24/h6-9,18,26H,10-16H2,1-5H3/t18-,24+/m0/s1. The van der Waals surface area contributed by atoms with Gasteiger partial charge < -0.3 is 9.84 Å². The summed E-state index contributed by atoms with van der Waals surface area (Å²) in [6.07, 6.45) is 1.19. The minimum Gasteiger partial charge on any atom is -0.491 e. The van der Waals surface area contributed by atoms with Gasteiger partial charge in [-0.15, -0.1) is 0 Å². The van der Waals surface area contributed by atoms with Gasteiger partial charge in [-0.1, -0.05) is 46.8 Å². The number of aliphatic hydroxyl groups excluding tert-OH is 1. The molecule has 1 aromatic carbocycles. The Morgan fingerprint density at radius 3 is 2.40 bits per heavy atom. The Bertz CT molecular complexity index is 775. The first-order valence-electron chi connectivity index (χ1n) is 10.8. The van der Waals surface area contributed by atoms with Crippen molar-refractivity contribution in [2.75, 3.05) is 24.7 Å². The SMILES string of the molecule is CC(C)(C)CC(C)(C)c1ccc(OC[C@@H](O)CN2C(=O)C[C@@]3(CCSC3)C2=O)cc1. The second-order valence-electron chi connectivity index (χ2n) is 10.7. The molecule has 1 spiro atoms. The maximum absolute atomic E-state index is 12.7. The molecule has 2 aliphatic rings. The van der Waals surface area contributed by atoms with Crippen LogP contribution in [0.3, 0.4) is 0 Å². The zero-order valence-electron chi connectivity index (χ0n) is 18.9. The summed E-state index contributed by atoms with van der Waals surface area (Å²) in [7, 11) is 0. The molecule has 2 amide bonds. The molecule has 0 radical (unpaired) electrons. The third-order valence-corrected chi connectivity index (χ3v) is 7.29. The third-order valence-electron chi connectivity index (χ3n) is 6.04. The highest BCUT2D eigenvalue weighted by Gasteiger charge is 2.53. The Hall–Kier alpha value is -1.53. The lowest BCUT2D eigenvalue weighted by Crippen LogP contribution is -2.41. The second kappa shape index (κ2) is 8.54. The molecule has 0 unspecified atom stereocenters. The maximum atomic E-state index is 12.7. The first-order valence-corrected chi connectivity index (χ1v) is 11.9. The molecule has 0 aliphatic carbocycles. The van der Waals surface area contributed by atoms with Crippen molar-refractivity contribution in [1.29, 1.82) is 0 Å². The zero-order chi connectivity index (χ0) is 22.2. The summed E-state index contributed by atoms with van der Waals surface area (Å²) in [5.41, 5.74) is 1.01. The average Bonchev–Trinajstić information content (AvgIpc) is 3.19. The zero-order valence-corrected chi connectivity index (χ0v) is 19.7. The predicted octanol–water partition coefficient (Wildman–Crippen LogP) is 4.02. The van der Waals surface area contributed by atoms with Crippen molar-refractivity contribution in [1.82, 2.24) is 4.90 Å². The predicted molar refractivity (Wildman–Crippen MR) is 121 cm³/mol. The van der Waals surface area contributed by atoms with E-state index in [1.54, 1.807) is 11.8 Å². The van der Waals surface area contributed by atoms with E-state index in [9.17, 15) is 14.7 Å². The number of β-amino-alcohol motifs (C(OH)–C–C–N with tert-alkyl or cyclic N) is 1. The van der Waals surface area contributed by atoms with Gasteiger partial charge in [0.15, 0.2) is 0 Å². The molecule has 2 saturated heterocycles. The van der Waals surface area contributed by atoms with Crippen LogP contribution in [-0.4, -0.2) is 52.6 Å². The molecule has 166 valence electrons.